The molecule has 62 valence electrons. The number of nitrogens with zero attached hydrogens (tertiary/aromatic N) is 1. The highest BCUT2D eigenvalue weighted by molar-refractivity contribution is 5.74. The first-order chi connectivity index (χ1) is 5.77. The number of nitrogens with one attached hydrogen (secondary N) is 1. The minimum atomic E-state index is -0.0302. The van der Waals surface area contributed by atoms with Crippen molar-refractivity contribution in [3.63, 3.8) is 0 Å². The third kappa shape index (κ3) is 1.08. The smallest absolute Gasteiger partial charge is 0.123 e. The third-order valence-electron chi connectivity index (χ3n) is 1.84. The highest BCUT2D eigenvalue weighted by Crippen LogP contribution is 2.13. The molecule has 0 spiro atoms. The second kappa shape index (κ2) is 2.60. The Kier molecular flexibility index (Phi) is 1.59. The van der Waals surface area contributed by atoms with Gasteiger partial charge in [-0.2, -0.15) is 0 Å². The Morgan fingerprint density at radius 2 is 2.17 bits per heavy atom. The van der Waals surface area contributed by atoms with Crippen molar-refractivity contribution < 1.29 is 0 Å². The maximum Gasteiger partial charge on any atom is 0.123 e. The van der Waals surface area contributed by atoms with Gasteiger partial charge in [0.25, 0.3) is 0 Å². The molecule has 0 aliphatic rings. The van der Waals surface area contributed by atoms with Crippen LogP contribution in [-0.2, 0) is 0 Å². The zero-order chi connectivity index (χ0) is 8.55. The van der Waals surface area contributed by atoms with Crippen LogP contribution in [-0.4, -0.2) is 9.97 Å². The highest BCUT2D eigenvalue weighted by atomic mass is 15.0. The van der Waals surface area contributed by atoms with E-state index in [9.17, 15) is 0 Å². The Labute approximate surface area is 70.6 Å². The van der Waals surface area contributed by atoms with Crippen LogP contribution in [0, 0.1) is 0 Å². The molecule has 0 radical (unpaired) electrons. The van der Waals surface area contributed by atoms with Gasteiger partial charge in [0.05, 0.1) is 17.1 Å². The minimum absolute atomic E-state index is 0.0302. The van der Waals surface area contributed by atoms with Crippen molar-refractivity contribution in [3.05, 3.63) is 30.1 Å². The van der Waals surface area contributed by atoms with Gasteiger partial charge < -0.3 is 10.7 Å². The van der Waals surface area contributed by atoms with Crippen molar-refractivity contribution in [3.8, 4) is 0 Å². The van der Waals surface area contributed by atoms with Gasteiger partial charge in [-0.15, -0.1) is 0 Å². The number of benzene rings is 1. The fourth-order valence-corrected chi connectivity index (χ4v) is 1.19. The number of para-hydroxylation sites is 2. The van der Waals surface area contributed by atoms with Crippen LogP contribution in [0.4, 0.5) is 0 Å². The molecular weight excluding hydrogens is 150 g/mol. The lowest BCUT2D eigenvalue weighted by Crippen LogP contribution is -2.06. The van der Waals surface area contributed by atoms with E-state index in [2.05, 4.69) is 9.97 Å². The summed E-state index contributed by atoms with van der Waals surface area (Å²) in [5.74, 6) is 0.844. The van der Waals surface area contributed by atoms with Crippen molar-refractivity contribution in [1.82, 2.24) is 9.97 Å². The van der Waals surface area contributed by atoms with E-state index in [0.717, 1.165) is 16.9 Å². The van der Waals surface area contributed by atoms with Gasteiger partial charge in [0.1, 0.15) is 5.82 Å². The Morgan fingerprint density at radius 3 is 2.83 bits per heavy atom. The van der Waals surface area contributed by atoms with Gasteiger partial charge in [-0.25, -0.2) is 4.98 Å². The number of hydrogen-bond acceptors (Lipinski definition) is 2. The fourth-order valence-electron chi connectivity index (χ4n) is 1.19. The second-order valence-corrected chi connectivity index (χ2v) is 2.93. The summed E-state index contributed by atoms with van der Waals surface area (Å²) in [5.41, 5.74) is 7.71. The van der Waals surface area contributed by atoms with Gasteiger partial charge in [-0.1, -0.05) is 12.1 Å². The number of aromatic nitrogens is 2. The normalized spacial score (nSPS) is 13.5. The summed E-state index contributed by atoms with van der Waals surface area (Å²) < 4.78 is 0. The van der Waals surface area contributed by atoms with Crippen LogP contribution >= 0.6 is 0 Å². The first-order valence-electron chi connectivity index (χ1n) is 3.97. The van der Waals surface area contributed by atoms with Gasteiger partial charge in [-0.3, -0.25) is 0 Å². The summed E-state index contributed by atoms with van der Waals surface area (Å²) in [6.07, 6.45) is 0. The molecule has 2 rings (SSSR count). The molecule has 1 aromatic heterocycles. The quantitative estimate of drug-likeness (QED) is 0.667. The van der Waals surface area contributed by atoms with Gasteiger partial charge in [0.15, 0.2) is 0 Å². The Balaban J connectivity index is 2.62. The molecule has 1 aromatic carbocycles. The lowest BCUT2D eigenvalue weighted by molar-refractivity contribution is 0.760. The van der Waals surface area contributed by atoms with Crippen molar-refractivity contribution in [2.45, 2.75) is 13.0 Å². The average Bonchev–Trinajstić information content (AvgIpc) is 2.46. The number of aromatic amines is 1. The zero-order valence-corrected chi connectivity index (χ0v) is 6.91. The lowest BCUT2D eigenvalue weighted by atomic mass is 10.3. The summed E-state index contributed by atoms with van der Waals surface area (Å²) in [6.45, 7) is 1.91. The van der Waals surface area contributed by atoms with Crippen molar-refractivity contribution >= 4 is 11.0 Å². The van der Waals surface area contributed by atoms with Gasteiger partial charge in [0.2, 0.25) is 0 Å². The number of hydrogen-bond donors (Lipinski definition) is 2. The molecule has 3 nitrogen and oxygen atoms in total. The van der Waals surface area contributed by atoms with E-state index in [1.165, 1.54) is 0 Å². The van der Waals surface area contributed by atoms with E-state index in [-0.39, 0.29) is 6.04 Å². The Morgan fingerprint density at radius 1 is 1.42 bits per heavy atom. The summed E-state index contributed by atoms with van der Waals surface area (Å²) in [7, 11) is 0. The molecular formula is C9H11N3. The predicted octanol–water partition coefficient (Wildman–Crippen LogP) is 1.58. The van der Waals surface area contributed by atoms with E-state index in [0.29, 0.717) is 0 Å². The number of nitrogens with two attached hydrogens (primary N) is 1. The molecule has 12 heavy (non-hydrogen) atoms. The second-order valence-electron chi connectivity index (χ2n) is 2.93. The number of rotatable bonds is 1. The zero-order valence-electron chi connectivity index (χ0n) is 6.91. The molecule has 1 unspecified atom stereocenters. The third-order valence-corrected chi connectivity index (χ3v) is 1.84. The molecule has 2 aromatic rings. The van der Waals surface area contributed by atoms with Gasteiger partial charge >= 0.3 is 0 Å². The van der Waals surface area contributed by atoms with E-state index >= 15 is 0 Å². The van der Waals surface area contributed by atoms with Crippen molar-refractivity contribution in [2.75, 3.05) is 0 Å². The maximum absolute atomic E-state index is 5.68. The molecule has 0 aliphatic heterocycles. The molecule has 0 saturated heterocycles. The van der Waals surface area contributed by atoms with E-state index in [1.54, 1.807) is 0 Å². The van der Waals surface area contributed by atoms with E-state index in [4.69, 9.17) is 5.73 Å². The first kappa shape index (κ1) is 7.31. The molecule has 3 N–H and O–H groups in total. The van der Waals surface area contributed by atoms with Gasteiger partial charge in [0, 0.05) is 0 Å². The molecule has 0 amide bonds. The predicted molar refractivity (Wildman–Crippen MR) is 48.7 cm³/mol. The molecule has 0 bridgehead atoms. The van der Waals surface area contributed by atoms with Crippen LogP contribution < -0.4 is 5.73 Å². The first-order valence-corrected chi connectivity index (χ1v) is 3.97. The van der Waals surface area contributed by atoms with Crippen LogP contribution in [0.3, 0.4) is 0 Å². The minimum Gasteiger partial charge on any atom is -0.341 e. The molecule has 1 heterocycles. The van der Waals surface area contributed by atoms with Crippen LogP contribution in [0.5, 0.6) is 0 Å². The topological polar surface area (TPSA) is 54.7 Å². The maximum atomic E-state index is 5.68. The SMILES string of the molecule is CC(N)c1nc2ccccc2[nH]1. The van der Waals surface area contributed by atoms with Crippen LogP contribution in [0.25, 0.3) is 11.0 Å². The summed E-state index contributed by atoms with van der Waals surface area (Å²) in [6, 6.07) is 7.88. The number of imidazole rings is 1. The average molecular weight is 161 g/mol. The standard InChI is InChI=1S/C9H11N3/c1-6(10)9-11-7-4-2-3-5-8(7)12-9/h2-6H,10H2,1H3,(H,11,12). The Bertz CT molecular complexity index is 356. The highest BCUT2D eigenvalue weighted by Gasteiger charge is 2.04. The van der Waals surface area contributed by atoms with Gasteiger partial charge in [-0.05, 0) is 19.1 Å². The molecule has 0 fully saturated rings. The number of H-pyrrole nitrogens is 1. The van der Waals surface area contributed by atoms with E-state index < -0.39 is 0 Å². The molecule has 0 saturated carbocycles. The fraction of sp³-hybridized carbons (Fsp3) is 0.222. The van der Waals surface area contributed by atoms with Crippen LogP contribution in [0.2, 0.25) is 0 Å². The molecule has 3 heteroatoms. The van der Waals surface area contributed by atoms with Crippen molar-refractivity contribution in [1.29, 1.82) is 0 Å². The van der Waals surface area contributed by atoms with Crippen LogP contribution in [0.1, 0.15) is 18.8 Å². The summed E-state index contributed by atoms with van der Waals surface area (Å²) in [5, 5.41) is 0. The van der Waals surface area contributed by atoms with E-state index in [1.807, 2.05) is 31.2 Å². The van der Waals surface area contributed by atoms with Crippen LogP contribution in [0.15, 0.2) is 24.3 Å². The lowest BCUT2D eigenvalue weighted by Gasteiger charge is -1.96. The monoisotopic (exact) mass is 161 g/mol. The Hall–Kier alpha value is -1.35. The number of fused-ring (bicyclic) bond motifs is 1. The molecule has 0 aliphatic carbocycles. The summed E-state index contributed by atoms with van der Waals surface area (Å²) in [4.78, 5) is 7.49. The molecule has 1 atom stereocenters. The van der Waals surface area contributed by atoms with Crippen molar-refractivity contribution in [2.24, 2.45) is 5.73 Å². The largest absolute Gasteiger partial charge is 0.341 e. The summed E-state index contributed by atoms with van der Waals surface area (Å²) >= 11 is 0.